The van der Waals surface area contributed by atoms with Gasteiger partial charge in [-0.05, 0) is 31.1 Å². The fraction of sp³-hybridized carbons (Fsp3) is 0.833. The molecule has 1 N–H and O–H groups in total. The van der Waals surface area contributed by atoms with Gasteiger partial charge in [0, 0.05) is 45.7 Å². The lowest BCUT2D eigenvalue weighted by Gasteiger charge is -2.34. The third-order valence-corrected chi connectivity index (χ3v) is 6.00. The molecule has 3 aliphatic rings. The van der Waals surface area contributed by atoms with E-state index in [1.807, 2.05) is 4.90 Å². The Hall–Kier alpha value is -1.63. The highest BCUT2D eigenvalue weighted by atomic mass is 16.2. The molecule has 0 spiro atoms. The number of aromatic nitrogens is 3. The summed E-state index contributed by atoms with van der Waals surface area (Å²) in [6, 6.07) is 0.107. The van der Waals surface area contributed by atoms with Gasteiger partial charge in [-0.25, -0.2) is 4.79 Å². The van der Waals surface area contributed by atoms with Gasteiger partial charge in [0.1, 0.15) is 11.6 Å². The minimum Gasteiger partial charge on any atom is -0.338 e. The maximum absolute atomic E-state index is 12.3. The average Bonchev–Trinajstić information content (AvgIpc) is 3.29. The van der Waals surface area contributed by atoms with Crippen LogP contribution in [0.15, 0.2) is 0 Å². The maximum Gasteiger partial charge on any atom is 0.317 e. The minimum absolute atomic E-state index is 0.107. The first-order valence-corrected chi connectivity index (χ1v) is 9.87. The second kappa shape index (κ2) is 7.32. The number of aryl methyl sites for hydroxylation is 1. The topological polar surface area (TPSA) is 66.3 Å². The summed E-state index contributed by atoms with van der Waals surface area (Å²) in [6.07, 6.45) is 6.06. The lowest BCUT2D eigenvalue weighted by Crippen LogP contribution is -2.51. The molecule has 0 unspecified atom stereocenters. The van der Waals surface area contributed by atoms with Crippen LogP contribution in [0.4, 0.5) is 4.79 Å². The van der Waals surface area contributed by atoms with Crippen molar-refractivity contribution >= 4 is 6.03 Å². The van der Waals surface area contributed by atoms with Crippen molar-refractivity contribution in [2.45, 2.75) is 52.1 Å². The van der Waals surface area contributed by atoms with Gasteiger partial charge in [-0.3, -0.25) is 4.90 Å². The minimum atomic E-state index is 0.107. The number of hydrogen-bond donors (Lipinski definition) is 1. The van der Waals surface area contributed by atoms with E-state index in [9.17, 15) is 4.79 Å². The van der Waals surface area contributed by atoms with Crippen molar-refractivity contribution < 1.29 is 4.79 Å². The van der Waals surface area contributed by atoms with Crippen LogP contribution in [0.25, 0.3) is 0 Å². The van der Waals surface area contributed by atoms with E-state index in [0.717, 1.165) is 69.8 Å². The molecular weight excluding hydrogens is 316 g/mol. The summed E-state index contributed by atoms with van der Waals surface area (Å²) in [7, 11) is 0. The van der Waals surface area contributed by atoms with Crippen molar-refractivity contribution in [2.75, 3.05) is 32.7 Å². The van der Waals surface area contributed by atoms with Gasteiger partial charge in [-0.2, -0.15) is 0 Å². The van der Waals surface area contributed by atoms with Crippen molar-refractivity contribution in [1.29, 1.82) is 0 Å². The van der Waals surface area contributed by atoms with Crippen molar-refractivity contribution in [3.8, 4) is 0 Å². The summed E-state index contributed by atoms with van der Waals surface area (Å²) in [5.41, 5.74) is 0. The third-order valence-electron chi connectivity index (χ3n) is 6.00. The van der Waals surface area contributed by atoms with Crippen LogP contribution >= 0.6 is 0 Å². The monoisotopic (exact) mass is 346 g/mol. The Kier molecular flexibility index (Phi) is 4.92. The molecule has 1 aromatic heterocycles. The Balaban J connectivity index is 1.25. The summed E-state index contributed by atoms with van der Waals surface area (Å²) >= 11 is 0. The van der Waals surface area contributed by atoms with Gasteiger partial charge < -0.3 is 14.8 Å². The second-order valence-corrected chi connectivity index (χ2v) is 7.92. The quantitative estimate of drug-likeness (QED) is 0.897. The number of rotatable bonds is 4. The molecule has 0 radical (unpaired) electrons. The molecule has 4 rings (SSSR count). The molecule has 2 atom stereocenters. The highest BCUT2D eigenvalue weighted by molar-refractivity contribution is 5.74. The van der Waals surface area contributed by atoms with Crippen molar-refractivity contribution in [2.24, 2.45) is 11.8 Å². The van der Waals surface area contributed by atoms with E-state index in [0.29, 0.717) is 5.92 Å². The lowest BCUT2D eigenvalue weighted by molar-refractivity contribution is 0.132. The van der Waals surface area contributed by atoms with Crippen LogP contribution in [0.1, 0.15) is 44.3 Å². The molecule has 0 bridgehead atoms. The Labute approximate surface area is 149 Å². The van der Waals surface area contributed by atoms with Crippen LogP contribution < -0.4 is 5.32 Å². The normalized spacial score (nSPS) is 26.8. The molecule has 138 valence electrons. The first kappa shape index (κ1) is 16.8. The number of amides is 2. The standard InChI is InChI=1S/C18H30N6O/c1-14-11-15(14)12-19-18(25)23-9-7-22(8-10-23)13-17-21-20-16-5-3-2-4-6-24(16)17/h14-15H,2-13H2,1H3,(H,19,25)/t14-,15+/m1/s1. The van der Waals surface area contributed by atoms with Gasteiger partial charge in [0.2, 0.25) is 0 Å². The molecule has 1 saturated carbocycles. The van der Waals surface area contributed by atoms with Gasteiger partial charge in [0.05, 0.1) is 6.54 Å². The Morgan fingerprint density at radius 1 is 1.12 bits per heavy atom. The number of nitrogens with one attached hydrogen (secondary N) is 1. The number of carbonyl (C=O) groups excluding carboxylic acids is 1. The van der Waals surface area contributed by atoms with Crippen LogP contribution in [0.5, 0.6) is 0 Å². The van der Waals surface area contributed by atoms with Crippen LogP contribution in [-0.2, 0) is 19.5 Å². The number of hydrogen-bond acceptors (Lipinski definition) is 4. The number of nitrogens with zero attached hydrogens (tertiary/aromatic N) is 5. The fourth-order valence-corrected chi connectivity index (χ4v) is 3.99. The second-order valence-electron chi connectivity index (χ2n) is 7.92. The van der Waals surface area contributed by atoms with E-state index < -0.39 is 0 Å². The number of fused-ring (bicyclic) bond motifs is 1. The molecule has 7 heteroatoms. The maximum atomic E-state index is 12.3. The molecular formula is C18H30N6O. The third kappa shape index (κ3) is 3.97. The number of urea groups is 1. The van der Waals surface area contributed by atoms with E-state index in [1.165, 1.54) is 25.7 Å². The largest absolute Gasteiger partial charge is 0.338 e. The summed E-state index contributed by atoms with van der Waals surface area (Å²) < 4.78 is 2.32. The Morgan fingerprint density at radius 2 is 1.92 bits per heavy atom. The van der Waals surface area contributed by atoms with Gasteiger partial charge >= 0.3 is 6.03 Å². The summed E-state index contributed by atoms with van der Waals surface area (Å²) in [5.74, 6) is 3.74. The van der Waals surface area contributed by atoms with Gasteiger partial charge in [0.25, 0.3) is 0 Å². The molecule has 2 fully saturated rings. The average molecular weight is 346 g/mol. The number of piperazine rings is 1. The van der Waals surface area contributed by atoms with Gasteiger partial charge in [-0.1, -0.05) is 13.3 Å². The zero-order valence-corrected chi connectivity index (χ0v) is 15.3. The molecule has 2 amide bonds. The van der Waals surface area contributed by atoms with Crippen molar-refractivity contribution in [3.63, 3.8) is 0 Å². The summed E-state index contributed by atoms with van der Waals surface area (Å²) in [4.78, 5) is 16.6. The zero-order valence-electron chi connectivity index (χ0n) is 15.3. The fourth-order valence-electron chi connectivity index (χ4n) is 3.99. The highest BCUT2D eigenvalue weighted by Crippen LogP contribution is 2.36. The highest BCUT2D eigenvalue weighted by Gasteiger charge is 2.33. The Morgan fingerprint density at radius 3 is 2.68 bits per heavy atom. The van der Waals surface area contributed by atoms with Crippen LogP contribution in [0, 0.1) is 11.8 Å². The van der Waals surface area contributed by atoms with Gasteiger partial charge in [-0.15, -0.1) is 10.2 Å². The van der Waals surface area contributed by atoms with Gasteiger partial charge in [0.15, 0.2) is 0 Å². The smallest absolute Gasteiger partial charge is 0.317 e. The van der Waals surface area contributed by atoms with Crippen LogP contribution in [0.2, 0.25) is 0 Å². The van der Waals surface area contributed by atoms with E-state index >= 15 is 0 Å². The molecule has 25 heavy (non-hydrogen) atoms. The predicted molar refractivity (Wildman–Crippen MR) is 95.1 cm³/mol. The van der Waals surface area contributed by atoms with E-state index in [1.54, 1.807) is 0 Å². The molecule has 2 aliphatic heterocycles. The van der Waals surface area contributed by atoms with E-state index in [4.69, 9.17) is 0 Å². The molecule has 1 saturated heterocycles. The van der Waals surface area contributed by atoms with Crippen molar-refractivity contribution in [3.05, 3.63) is 11.6 Å². The number of carbonyl (C=O) groups is 1. The molecule has 1 aliphatic carbocycles. The molecule has 0 aromatic carbocycles. The Bertz CT molecular complexity index is 607. The SMILES string of the molecule is C[C@@H]1C[C@H]1CNC(=O)N1CCN(Cc2nnc3n2CCCCC3)CC1. The lowest BCUT2D eigenvalue weighted by atomic mass is 10.2. The van der Waals surface area contributed by atoms with Crippen molar-refractivity contribution in [1.82, 2.24) is 29.9 Å². The first-order chi connectivity index (χ1) is 12.2. The van der Waals surface area contributed by atoms with E-state index in [-0.39, 0.29) is 6.03 Å². The summed E-state index contributed by atoms with van der Waals surface area (Å²) in [6.45, 7) is 8.42. The molecule has 1 aromatic rings. The predicted octanol–water partition coefficient (Wildman–Crippen LogP) is 1.49. The molecule has 7 nitrogen and oxygen atoms in total. The van der Waals surface area contributed by atoms with Crippen LogP contribution in [0.3, 0.4) is 0 Å². The van der Waals surface area contributed by atoms with E-state index in [2.05, 4.69) is 31.9 Å². The molecule has 3 heterocycles. The summed E-state index contributed by atoms with van der Waals surface area (Å²) in [5, 5.41) is 11.9. The zero-order chi connectivity index (χ0) is 17.2. The van der Waals surface area contributed by atoms with Crippen LogP contribution in [-0.4, -0.2) is 63.3 Å². The first-order valence-electron chi connectivity index (χ1n) is 9.87.